The van der Waals surface area contributed by atoms with E-state index in [1.807, 2.05) is 12.1 Å². The number of carbonyl (C=O) groups is 1. The van der Waals surface area contributed by atoms with Crippen molar-refractivity contribution in [3.63, 3.8) is 0 Å². The van der Waals surface area contributed by atoms with Crippen LogP contribution in [0.5, 0.6) is 5.75 Å². The van der Waals surface area contributed by atoms with E-state index in [0.29, 0.717) is 12.5 Å². The minimum atomic E-state index is -0.530. The number of ether oxygens (including phenoxy) is 2. The number of aliphatic hydroxyl groups excluding tert-OH is 1. The Morgan fingerprint density at radius 2 is 2.03 bits per heavy atom. The Balaban J connectivity index is 1.26. The first-order valence-corrected chi connectivity index (χ1v) is 12.1. The highest BCUT2D eigenvalue weighted by atomic mass is 16.6. The number of hydrogen-bond donors (Lipinski definition) is 1. The molecule has 1 N–H and O–H groups in total. The Labute approximate surface area is 191 Å². The summed E-state index contributed by atoms with van der Waals surface area (Å²) in [5.74, 6) is 0.813. The van der Waals surface area contributed by atoms with E-state index in [9.17, 15) is 9.90 Å². The molecule has 0 spiro atoms. The number of aliphatic hydroxyl groups is 1. The molecular formula is C26H36N2O4. The largest absolute Gasteiger partial charge is 0.497 e. The van der Waals surface area contributed by atoms with E-state index < -0.39 is 6.10 Å². The minimum absolute atomic E-state index is 0.110. The van der Waals surface area contributed by atoms with Crippen LogP contribution in [-0.2, 0) is 9.53 Å². The van der Waals surface area contributed by atoms with Gasteiger partial charge in [-0.3, -0.25) is 9.69 Å². The van der Waals surface area contributed by atoms with Gasteiger partial charge < -0.3 is 19.5 Å². The van der Waals surface area contributed by atoms with Crippen molar-refractivity contribution in [1.29, 1.82) is 0 Å². The maximum atomic E-state index is 12.9. The second-order valence-corrected chi connectivity index (χ2v) is 10.3. The summed E-state index contributed by atoms with van der Waals surface area (Å²) < 4.78 is 11.2. The van der Waals surface area contributed by atoms with Crippen LogP contribution in [0.25, 0.3) is 0 Å². The monoisotopic (exact) mass is 440 g/mol. The van der Waals surface area contributed by atoms with Gasteiger partial charge in [0.05, 0.1) is 19.1 Å². The van der Waals surface area contributed by atoms with Crippen LogP contribution in [0, 0.1) is 23.2 Å². The van der Waals surface area contributed by atoms with Crippen LogP contribution in [0.3, 0.4) is 0 Å². The number of hydrogen-bond acceptors (Lipinski definition) is 6. The predicted molar refractivity (Wildman–Crippen MR) is 124 cm³/mol. The number of nitrogens with zero attached hydrogens (tertiary/aromatic N) is 2. The average molecular weight is 441 g/mol. The molecule has 0 aromatic heterocycles. The number of esters is 1. The number of benzene rings is 1. The summed E-state index contributed by atoms with van der Waals surface area (Å²) in [5, 5.41) is 11.6. The van der Waals surface area contributed by atoms with E-state index in [-0.39, 0.29) is 29.3 Å². The van der Waals surface area contributed by atoms with Crippen molar-refractivity contribution in [2.24, 2.45) is 23.2 Å². The van der Waals surface area contributed by atoms with Crippen molar-refractivity contribution in [1.82, 2.24) is 4.90 Å². The van der Waals surface area contributed by atoms with Gasteiger partial charge in [-0.25, -0.2) is 0 Å². The fourth-order valence-corrected chi connectivity index (χ4v) is 6.55. The third-order valence-electron chi connectivity index (χ3n) is 8.82. The summed E-state index contributed by atoms with van der Waals surface area (Å²) in [5.41, 5.74) is 2.23. The highest BCUT2D eigenvalue weighted by Gasteiger charge is 2.59. The van der Waals surface area contributed by atoms with E-state index in [4.69, 9.17) is 9.47 Å². The second kappa shape index (κ2) is 8.38. The van der Waals surface area contributed by atoms with Gasteiger partial charge in [-0.2, -0.15) is 0 Å². The molecular weight excluding hydrogens is 404 g/mol. The molecule has 2 aliphatic carbocycles. The quantitative estimate of drug-likeness (QED) is 0.574. The Morgan fingerprint density at radius 3 is 2.78 bits per heavy atom. The molecule has 2 aliphatic heterocycles. The third-order valence-corrected chi connectivity index (χ3v) is 8.82. The van der Waals surface area contributed by atoms with Crippen LogP contribution in [-0.4, -0.2) is 68.0 Å². The van der Waals surface area contributed by atoms with E-state index >= 15 is 0 Å². The van der Waals surface area contributed by atoms with Crippen LogP contribution in [0.2, 0.25) is 0 Å². The van der Waals surface area contributed by atoms with Gasteiger partial charge in [0.15, 0.2) is 0 Å². The molecule has 0 unspecified atom stereocenters. The van der Waals surface area contributed by atoms with Crippen LogP contribution >= 0.6 is 0 Å². The third kappa shape index (κ3) is 3.52. The van der Waals surface area contributed by atoms with Crippen molar-refractivity contribution in [3.8, 4) is 5.75 Å². The first kappa shape index (κ1) is 21.8. The maximum Gasteiger partial charge on any atom is 0.311 e. The molecule has 1 aromatic carbocycles. The average Bonchev–Trinajstić information content (AvgIpc) is 3.11. The van der Waals surface area contributed by atoms with Crippen LogP contribution in [0.15, 0.2) is 35.9 Å². The highest BCUT2D eigenvalue weighted by molar-refractivity contribution is 5.76. The second-order valence-electron chi connectivity index (χ2n) is 10.3. The highest BCUT2D eigenvalue weighted by Crippen LogP contribution is 2.56. The van der Waals surface area contributed by atoms with E-state index in [2.05, 4.69) is 41.9 Å². The zero-order chi connectivity index (χ0) is 22.5. The van der Waals surface area contributed by atoms with Gasteiger partial charge in [-0.05, 0) is 30.9 Å². The van der Waals surface area contributed by atoms with Gasteiger partial charge in [0.2, 0.25) is 0 Å². The summed E-state index contributed by atoms with van der Waals surface area (Å²) >= 11 is 0. The van der Waals surface area contributed by atoms with Crippen LogP contribution in [0.1, 0.15) is 33.1 Å². The molecule has 6 heteroatoms. The molecule has 2 saturated heterocycles. The zero-order valence-electron chi connectivity index (χ0n) is 19.5. The standard InChI is InChI=1S/C26H36N2O4/c1-17-6-4-7-18-14-22-23(24(29)26(17,18)2)21(25(30)32-22)16-27-10-12-28(13-11-27)19-8-5-9-20(15-19)31-3/h5,7-9,15,17,21-24,29H,4,6,10-14,16H2,1-3H3/t17-,21-,22+,23+,24+,26+/m0/s1. The first-order valence-electron chi connectivity index (χ1n) is 12.1. The molecule has 1 saturated carbocycles. The summed E-state index contributed by atoms with van der Waals surface area (Å²) in [7, 11) is 1.69. The molecule has 0 bridgehead atoms. The number of piperazine rings is 1. The van der Waals surface area contributed by atoms with Crippen molar-refractivity contribution in [3.05, 3.63) is 35.9 Å². The van der Waals surface area contributed by atoms with E-state index in [0.717, 1.165) is 51.2 Å². The molecule has 1 aromatic rings. The van der Waals surface area contributed by atoms with Crippen molar-refractivity contribution >= 4 is 11.7 Å². The molecule has 6 nitrogen and oxygen atoms in total. The molecule has 0 radical (unpaired) electrons. The molecule has 2 heterocycles. The fourth-order valence-electron chi connectivity index (χ4n) is 6.55. The Bertz CT molecular complexity index is 894. The number of allylic oxidation sites excluding steroid dienone is 1. The Kier molecular flexibility index (Phi) is 5.70. The lowest BCUT2D eigenvalue weighted by Crippen LogP contribution is -2.55. The number of methoxy groups -OCH3 is 1. The van der Waals surface area contributed by atoms with Gasteiger partial charge in [-0.1, -0.05) is 31.6 Å². The molecule has 5 rings (SSSR count). The lowest BCUT2D eigenvalue weighted by Gasteiger charge is -2.52. The SMILES string of the molecule is COc1cccc(N2CCN(C[C@@H]3C(=O)O[C@@H]4CC5=CCC[C@H](C)[C@@]5(C)[C@H](O)[C@H]34)CC2)c1. The number of carbonyl (C=O) groups excluding carboxylic acids is 1. The van der Waals surface area contributed by atoms with Crippen molar-refractivity contribution in [2.45, 2.75) is 45.3 Å². The lowest BCUT2D eigenvalue weighted by atomic mass is 9.55. The number of fused-ring (bicyclic) bond motifs is 2. The first-order chi connectivity index (χ1) is 15.4. The van der Waals surface area contributed by atoms with Crippen molar-refractivity contribution in [2.75, 3.05) is 44.7 Å². The summed E-state index contributed by atoms with van der Waals surface area (Å²) in [6.07, 6.45) is 4.53. The number of anilines is 1. The molecule has 6 atom stereocenters. The summed E-state index contributed by atoms with van der Waals surface area (Å²) in [4.78, 5) is 17.6. The maximum absolute atomic E-state index is 12.9. The van der Waals surface area contributed by atoms with Crippen LogP contribution in [0.4, 0.5) is 5.69 Å². The molecule has 0 amide bonds. The van der Waals surface area contributed by atoms with Crippen molar-refractivity contribution < 1.29 is 19.4 Å². The predicted octanol–water partition coefficient (Wildman–Crippen LogP) is 3.10. The molecule has 32 heavy (non-hydrogen) atoms. The van der Waals surface area contributed by atoms with Gasteiger partial charge in [-0.15, -0.1) is 0 Å². The Hall–Kier alpha value is -2.05. The van der Waals surface area contributed by atoms with E-state index in [1.165, 1.54) is 11.3 Å². The summed E-state index contributed by atoms with van der Waals surface area (Å²) in [6.45, 7) is 8.74. The van der Waals surface area contributed by atoms with E-state index in [1.54, 1.807) is 7.11 Å². The topological polar surface area (TPSA) is 62.2 Å². The lowest BCUT2D eigenvalue weighted by molar-refractivity contribution is -0.145. The van der Waals surface area contributed by atoms with Gasteiger partial charge in [0.1, 0.15) is 11.9 Å². The number of rotatable bonds is 4. The normalized spacial score (nSPS) is 37.4. The Morgan fingerprint density at radius 1 is 1.25 bits per heavy atom. The fraction of sp³-hybridized carbons (Fsp3) is 0.654. The molecule has 174 valence electrons. The van der Waals surface area contributed by atoms with Gasteiger partial charge >= 0.3 is 5.97 Å². The minimum Gasteiger partial charge on any atom is -0.497 e. The smallest absolute Gasteiger partial charge is 0.311 e. The summed E-state index contributed by atoms with van der Waals surface area (Å²) in [6, 6.07) is 8.18. The molecule has 3 fully saturated rings. The van der Waals surface area contributed by atoms with Gasteiger partial charge in [0.25, 0.3) is 0 Å². The molecule has 4 aliphatic rings. The van der Waals surface area contributed by atoms with Gasteiger partial charge in [0, 0.05) is 62.2 Å². The van der Waals surface area contributed by atoms with Crippen LogP contribution < -0.4 is 9.64 Å². The zero-order valence-corrected chi connectivity index (χ0v) is 19.5.